The van der Waals surface area contributed by atoms with E-state index in [1.54, 1.807) is 19.2 Å². The van der Waals surface area contributed by atoms with Gasteiger partial charge in [-0.25, -0.2) is 0 Å². The Kier molecular flexibility index (Phi) is 5.41. The molecule has 0 fully saturated rings. The zero-order valence-electron chi connectivity index (χ0n) is 12.0. The molecule has 0 atom stereocenters. The molecule has 2 aromatic carbocycles. The van der Waals surface area contributed by atoms with Gasteiger partial charge in [0, 0.05) is 30.9 Å². The molecule has 0 unspecified atom stereocenters. The Morgan fingerprint density at radius 2 is 1.83 bits per heavy atom. The highest BCUT2D eigenvalue weighted by Gasteiger charge is 2.13. The van der Waals surface area contributed by atoms with Crippen LogP contribution in [0.15, 0.2) is 42.5 Å². The monoisotopic (exact) mass is 354 g/mol. The second-order valence-corrected chi connectivity index (χ2v) is 5.41. The highest BCUT2D eigenvalue weighted by molar-refractivity contribution is 6.42. The van der Waals surface area contributed by atoms with Gasteiger partial charge in [0.15, 0.2) is 6.61 Å². The molecule has 0 bridgehead atoms. The number of carbonyl (C=O) groups excluding carboxylic acids is 1. The van der Waals surface area contributed by atoms with Crippen molar-refractivity contribution in [1.82, 2.24) is 0 Å². The van der Waals surface area contributed by atoms with Crippen molar-refractivity contribution < 1.29 is 14.5 Å². The number of benzene rings is 2. The number of nitro benzene ring substituents is 1. The number of hydrogen-bond acceptors (Lipinski definition) is 4. The van der Waals surface area contributed by atoms with Gasteiger partial charge in [-0.2, -0.15) is 0 Å². The lowest BCUT2D eigenvalue weighted by Gasteiger charge is -2.17. The van der Waals surface area contributed by atoms with Gasteiger partial charge in [-0.1, -0.05) is 23.2 Å². The molecule has 0 aliphatic carbocycles. The first-order valence-electron chi connectivity index (χ1n) is 6.47. The van der Waals surface area contributed by atoms with Crippen LogP contribution >= 0.6 is 23.2 Å². The maximum atomic E-state index is 12.1. The van der Waals surface area contributed by atoms with Crippen molar-refractivity contribution in [3.8, 4) is 5.75 Å². The van der Waals surface area contributed by atoms with Gasteiger partial charge in [-0.3, -0.25) is 14.9 Å². The highest BCUT2D eigenvalue weighted by Crippen LogP contribution is 2.26. The Morgan fingerprint density at radius 3 is 2.39 bits per heavy atom. The minimum absolute atomic E-state index is 0.0401. The summed E-state index contributed by atoms with van der Waals surface area (Å²) in [5, 5.41) is 11.3. The molecule has 0 saturated heterocycles. The molecular formula is C15H12Cl2N2O4. The van der Waals surface area contributed by atoms with Gasteiger partial charge in [0.2, 0.25) is 0 Å². The lowest BCUT2D eigenvalue weighted by Crippen LogP contribution is -2.31. The van der Waals surface area contributed by atoms with Crippen LogP contribution in [0.25, 0.3) is 0 Å². The third-order valence-corrected chi connectivity index (χ3v) is 3.81. The lowest BCUT2D eigenvalue weighted by atomic mass is 10.2. The summed E-state index contributed by atoms with van der Waals surface area (Å²) in [5.41, 5.74) is 0.486. The van der Waals surface area contributed by atoms with Crippen LogP contribution in [0.3, 0.4) is 0 Å². The van der Waals surface area contributed by atoms with Gasteiger partial charge in [-0.15, -0.1) is 0 Å². The van der Waals surface area contributed by atoms with Crippen molar-refractivity contribution in [3.63, 3.8) is 0 Å². The lowest BCUT2D eigenvalue weighted by molar-refractivity contribution is -0.384. The quantitative estimate of drug-likeness (QED) is 0.602. The van der Waals surface area contributed by atoms with Crippen LogP contribution in [0.5, 0.6) is 5.75 Å². The number of carbonyl (C=O) groups is 1. The molecule has 120 valence electrons. The van der Waals surface area contributed by atoms with Crippen molar-refractivity contribution in [2.24, 2.45) is 0 Å². The van der Waals surface area contributed by atoms with Gasteiger partial charge in [0.1, 0.15) is 5.75 Å². The van der Waals surface area contributed by atoms with Gasteiger partial charge < -0.3 is 9.64 Å². The number of nitrogens with zero attached hydrogens (tertiary/aromatic N) is 2. The maximum Gasteiger partial charge on any atom is 0.269 e. The van der Waals surface area contributed by atoms with Crippen LogP contribution in [0.2, 0.25) is 10.0 Å². The number of rotatable bonds is 5. The van der Waals surface area contributed by atoms with E-state index in [1.165, 1.54) is 35.2 Å². The molecule has 0 aliphatic rings. The maximum absolute atomic E-state index is 12.1. The van der Waals surface area contributed by atoms with E-state index in [0.29, 0.717) is 21.5 Å². The Morgan fingerprint density at radius 1 is 1.17 bits per heavy atom. The van der Waals surface area contributed by atoms with E-state index in [9.17, 15) is 14.9 Å². The molecule has 1 amide bonds. The minimum atomic E-state index is -0.501. The van der Waals surface area contributed by atoms with Crippen LogP contribution in [-0.2, 0) is 4.79 Å². The van der Waals surface area contributed by atoms with E-state index in [2.05, 4.69) is 0 Å². The van der Waals surface area contributed by atoms with Crippen molar-refractivity contribution >= 4 is 40.5 Å². The normalized spacial score (nSPS) is 10.2. The predicted octanol–water partition coefficient (Wildman–Crippen LogP) is 3.94. The van der Waals surface area contributed by atoms with E-state index in [1.807, 2.05) is 0 Å². The number of likely N-dealkylation sites (N-methyl/N-ethyl adjacent to an activating group) is 1. The summed E-state index contributed by atoms with van der Waals surface area (Å²) in [6, 6.07) is 10.3. The molecule has 0 saturated carbocycles. The molecule has 6 nitrogen and oxygen atoms in total. The molecule has 0 radical (unpaired) electrons. The predicted molar refractivity (Wildman–Crippen MR) is 88.5 cm³/mol. The van der Waals surface area contributed by atoms with Crippen molar-refractivity contribution in [3.05, 3.63) is 62.6 Å². The van der Waals surface area contributed by atoms with Crippen molar-refractivity contribution in [1.29, 1.82) is 0 Å². The Balaban J connectivity index is 1.99. The molecule has 2 rings (SSSR count). The molecule has 2 aromatic rings. The van der Waals surface area contributed by atoms with Crippen molar-refractivity contribution in [2.75, 3.05) is 18.6 Å². The highest BCUT2D eigenvalue weighted by atomic mass is 35.5. The molecule has 0 heterocycles. The number of anilines is 1. The van der Waals surface area contributed by atoms with Gasteiger partial charge >= 0.3 is 0 Å². The number of hydrogen-bond donors (Lipinski definition) is 0. The Bertz CT molecular complexity index is 735. The smallest absolute Gasteiger partial charge is 0.269 e. The van der Waals surface area contributed by atoms with Gasteiger partial charge in [0.05, 0.1) is 15.0 Å². The number of ether oxygens (including phenoxy) is 1. The molecule has 0 aliphatic heterocycles. The summed E-state index contributed by atoms with van der Waals surface area (Å²) >= 11 is 11.7. The molecule has 8 heteroatoms. The average molecular weight is 355 g/mol. The molecule has 23 heavy (non-hydrogen) atoms. The fourth-order valence-corrected chi connectivity index (χ4v) is 2.04. The fourth-order valence-electron chi connectivity index (χ4n) is 1.75. The van der Waals surface area contributed by atoms with Gasteiger partial charge in [0.25, 0.3) is 11.6 Å². The SMILES string of the molecule is CN(C(=O)COc1ccc(Cl)c(Cl)c1)c1ccc([N+](=O)[O-])cc1. The Hall–Kier alpha value is -2.31. The average Bonchev–Trinajstić information content (AvgIpc) is 2.55. The summed E-state index contributed by atoms with van der Waals surface area (Å²) in [5.74, 6) is 0.106. The first-order chi connectivity index (χ1) is 10.9. The topological polar surface area (TPSA) is 72.7 Å². The third-order valence-electron chi connectivity index (χ3n) is 3.08. The van der Waals surface area contributed by atoms with Crippen LogP contribution in [-0.4, -0.2) is 24.5 Å². The zero-order valence-corrected chi connectivity index (χ0v) is 13.5. The summed E-state index contributed by atoms with van der Waals surface area (Å²) in [6.45, 7) is -0.203. The summed E-state index contributed by atoms with van der Waals surface area (Å²) in [4.78, 5) is 23.6. The van der Waals surface area contributed by atoms with Crippen LogP contribution in [0.1, 0.15) is 0 Å². The van der Waals surface area contributed by atoms with Crippen LogP contribution in [0.4, 0.5) is 11.4 Å². The Labute approximate surface area is 142 Å². The van der Waals surface area contributed by atoms with Gasteiger partial charge in [-0.05, 0) is 24.3 Å². The van der Waals surface area contributed by atoms with Crippen LogP contribution < -0.4 is 9.64 Å². The first-order valence-corrected chi connectivity index (χ1v) is 7.23. The molecule has 0 aromatic heterocycles. The largest absolute Gasteiger partial charge is 0.484 e. The summed E-state index contributed by atoms with van der Waals surface area (Å²) in [6.07, 6.45) is 0. The second kappa shape index (κ2) is 7.30. The van der Waals surface area contributed by atoms with Crippen molar-refractivity contribution in [2.45, 2.75) is 0 Å². The van der Waals surface area contributed by atoms with E-state index >= 15 is 0 Å². The molecular weight excluding hydrogens is 343 g/mol. The number of nitro groups is 1. The fraction of sp³-hybridized carbons (Fsp3) is 0.133. The molecule has 0 N–H and O–H groups in total. The third kappa shape index (κ3) is 4.34. The zero-order chi connectivity index (χ0) is 17.0. The molecule has 0 spiro atoms. The van der Waals surface area contributed by atoms with E-state index in [4.69, 9.17) is 27.9 Å². The first kappa shape index (κ1) is 17.1. The minimum Gasteiger partial charge on any atom is -0.484 e. The summed E-state index contributed by atoms with van der Waals surface area (Å²) in [7, 11) is 1.56. The van der Waals surface area contributed by atoms with E-state index in [0.717, 1.165) is 0 Å². The second-order valence-electron chi connectivity index (χ2n) is 4.59. The van der Waals surface area contributed by atoms with E-state index in [-0.39, 0.29) is 18.2 Å². The standard InChI is InChI=1S/C15H12Cl2N2O4/c1-18(10-2-4-11(5-3-10)19(21)22)15(20)9-23-12-6-7-13(16)14(17)8-12/h2-8H,9H2,1H3. The van der Waals surface area contributed by atoms with E-state index < -0.39 is 4.92 Å². The van der Waals surface area contributed by atoms with Crippen LogP contribution in [0, 0.1) is 10.1 Å². The summed E-state index contributed by atoms with van der Waals surface area (Å²) < 4.78 is 5.37. The number of halogens is 2. The number of amides is 1. The number of non-ortho nitro benzene ring substituents is 1.